The zero-order valence-electron chi connectivity index (χ0n) is 10.8. The van der Waals surface area contributed by atoms with Crippen LogP contribution in [0.3, 0.4) is 0 Å². The molecule has 1 aromatic rings. The average molecular weight is 312 g/mol. The molecule has 0 bridgehead atoms. The fourth-order valence-electron chi connectivity index (χ4n) is 2.05. The van der Waals surface area contributed by atoms with E-state index in [0.717, 1.165) is 6.92 Å². The van der Waals surface area contributed by atoms with Crippen LogP contribution in [0.1, 0.15) is 57.4 Å². The van der Waals surface area contributed by atoms with E-state index in [1.54, 1.807) is 0 Å². The summed E-state index contributed by atoms with van der Waals surface area (Å²) in [5.41, 5.74) is -6.83. The summed E-state index contributed by atoms with van der Waals surface area (Å²) in [7, 11) is 0. The van der Waals surface area contributed by atoms with Crippen LogP contribution in [0.15, 0.2) is 0 Å². The molecular weight excluding hydrogens is 304 g/mol. The summed E-state index contributed by atoms with van der Waals surface area (Å²) < 4.78 is 0. The molecule has 0 aliphatic rings. The van der Waals surface area contributed by atoms with Gasteiger partial charge in [0.05, 0.1) is 27.8 Å². The first kappa shape index (κ1) is 16.6. The SMILES string of the molecule is Cc1c(C(=O)O)c(C(=O)O)c(C(=O)O)c(C(=O)O)c1C(=O)O. The molecule has 116 valence electrons. The molecule has 0 aliphatic heterocycles. The number of carboxylic acid groups (broad SMARTS) is 5. The molecule has 5 N–H and O–H groups in total. The van der Waals surface area contributed by atoms with Gasteiger partial charge in [0.2, 0.25) is 0 Å². The number of hydrogen-bond acceptors (Lipinski definition) is 5. The third-order valence-corrected chi connectivity index (χ3v) is 2.82. The molecule has 22 heavy (non-hydrogen) atoms. The summed E-state index contributed by atoms with van der Waals surface area (Å²) in [5, 5.41) is 45.2. The fourth-order valence-corrected chi connectivity index (χ4v) is 2.05. The summed E-state index contributed by atoms with van der Waals surface area (Å²) in [6.07, 6.45) is 0. The molecule has 0 radical (unpaired) electrons. The van der Waals surface area contributed by atoms with Gasteiger partial charge in [-0.1, -0.05) is 0 Å². The summed E-state index contributed by atoms with van der Waals surface area (Å²) in [5.74, 6) is -9.86. The normalized spacial score (nSPS) is 10.0. The lowest BCUT2D eigenvalue weighted by molar-refractivity contribution is 0.0608. The van der Waals surface area contributed by atoms with E-state index in [2.05, 4.69) is 0 Å². The lowest BCUT2D eigenvalue weighted by Gasteiger charge is -2.15. The Morgan fingerprint density at radius 3 is 0.864 bits per heavy atom. The molecule has 0 saturated heterocycles. The standard InChI is InChI=1S/C12H8O10/c1-2-3(8(13)14)5(10(17)18)7(12(21)22)6(11(19)20)4(2)9(15)16/h1H3,(H,13,14)(H,15,16)(H,17,18)(H,19,20)(H,21,22). The van der Waals surface area contributed by atoms with Crippen LogP contribution in [0.4, 0.5) is 0 Å². The minimum absolute atomic E-state index is 0.667. The van der Waals surface area contributed by atoms with Gasteiger partial charge in [0.15, 0.2) is 0 Å². The average Bonchev–Trinajstić information content (AvgIpc) is 2.34. The Bertz CT molecular complexity index is 690. The van der Waals surface area contributed by atoms with Crippen molar-refractivity contribution < 1.29 is 49.5 Å². The van der Waals surface area contributed by atoms with Crippen LogP contribution in [0.25, 0.3) is 0 Å². The highest BCUT2D eigenvalue weighted by molar-refractivity contribution is 6.18. The quantitative estimate of drug-likeness (QED) is 0.511. The minimum Gasteiger partial charge on any atom is -0.478 e. The van der Waals surface area contributed by atoms with Crippen molar-refractivity contribution in [3.05, 3.63) is 33.4 Å². The predicted molar refractivity (Wildman–Crippen MR) is 66.0 cm³/mol. The summed E-state index contributed by atoms with van der Waals surface area (Å²) >= 11 is 0. The topological polar surface area (TPSA) is 186 Å². The van der Waals surface area contributed by atoms with Gasteiger partial charge in [-0.2, -0.15) is 0 Å². The van der Waals surface area contributed by atoms with Gasteiger partial charge in [-0.15, -0.1) is 0 Å². The van der Waals surface area contributed by atoms with Crippen LogP contribution in [0, 0.1) is 6.92 Å². The summed E-state index contributed by atoms with van der Waals surface area (Å²) in [6, 6.07) is 0. The molecule has 10 nitrogen and oxygen atoms in total. The van der Waals surface area contributed by atoms with Crippen molar-refractivity contribution in [2.24, 2.45) is 0 Å². The molecule has 0 aromatic heterocycles. The Balaban J connectivity index is 4.31. The van der Waals surface area contributed by atoms with E-state index in [4.69, 9.17) is 25.5 Å². The van der Waals surface area contributed by atoms with Gasteiger partial charge < -0.3 is 25.5 Å². The molecule has 1 aromatic carbocycles. The highest BCUT2D eigenvalue weighted by Crippen LogP contribution is 2.29. The molecule has 0 heterocycles. The Hall–Kier alpha value is -3.43. The van der Waals surface area contributed by atoms with Gasteiger partial charge in [-0.25, -0.2) is 24.0 Å². The van der Waals surface area contributed by atoms with Gasteiger partial charge >= 0.3 is 29.8 Å². The second-order valence-electron chi connectivity index (χ2n) is 4.03. The van der Waals surface area contributed by atoms with Crippen molar-refractivity contribution in [2.45, 2.75) is 6.92 Å². The largest absolute Gasteiger partial charge is 0.478 e. The number of carboxylic acids is 5. The van der Waals surface area contributed by atoms with Crippen LogP contribution in [-0.2, 0) is 0 Å². The zero-order chi connectivity index (χ0) is 17.4. The molecule has 0 saturated carbocycles. The molecule has 0 aliphatic carbocycles. The maximum absolute atomic E-state index is 11.2. The molecule has 0 unspecified atom stereocenters. The molecule has 10 heteroatoms. The van der Waals surface area contributed by atoms with Crippen LogP contribution >= 0.6 is 0 Å². The Morgan fingerprint density at radius 1 is 0.500 bits per heavy atom. The van der Waals surface area contributed by atoms with E-state index in [-0.39, 0.29) is 0 Å². The molecule has 0 spiro atoms. The lowest BCUT2D eigenvalue weighted by atomic mass is 9.86. The van der Waals surface area contributed by atoms with Crippen molar-refractivity contribution in [1.29, 1.82) is 0 Å². The first-order valence-electron chi connectivity index (χ1n) is 5.39. The minimum atomic E-state index is -2.07. The number of rotatable bonds is 5. The maximum Gasteiger partial charge on any atom is 0.337 e. The van der Waals surface area contributed by atoms with E-state index in [1.165, 1.54) is 0 Å². The van der Waals surface area contributed by atoms with Gasteiger partial charge in [-0.3, -0.25) is 0 Å². The van der Waals surface area contributed by atoms with Crippen molar-refractivity contribution >= 4 is 29.8 Å². The third-order valence-electron chi connectivity index (χ3n) is 2.82. The number of carbonyl (C=O) groups is 5. The van der Waals surface area contributed by atoms with Gasteiger partial charge in [0, 0.05) is 0 Å². The molecular formula is C12H8O10. The monoisotopic (exact) mass is 312 g/mol. The predicted octanol–water partition coefficient (Wildman–Crippen LogP) is 0.486. The van der Waals surface area contributed by atoms with Crippen LogP contribution in [0.2, 0.25) is 0 Å². The second-order valence-corrected chi connectivity index (χ2v) is 4.03. The number of benzene rings is 1. The van der Waals surface area contributed by atoms with Crippen molar-refractivity contribution in [2.75, 3.05) is 0 Å². The van der Waals surface area contributed by atoms with Crippen molar-refractivity contribution in [3.63, 3.8) is 0 Å². The fraction of sp³-hybridized carbons (Fsp3) is 0.0833. The molecule has 1 rings (SSSR count). The Kier molecular flexibility index (Phi) is 4.17. The highest BCUT2D eigenvalue weighted by Gasteiger charge is 2.36. The van der Waals surface area contributed by atoms with E-state index in [9.17, 15) is 24.0 Å². The zero-order valence-corrected chi connectivity index (χ0v) is 10.8. The van der Waals surface area contributed by atoms with Gasteiger partial charge in [-0.05, 0) is 12.5 Å². The van der Waals surface area contributed by atoms with E-state index in [0.29, 0.717) is 0 Å². The lowest BCUT2D eigenvalue weighted by Crippen LogP contribution is -2.25. The Labute approximate surface area is 120 Å². The van der Waals surface area contributed by atoms with E-state index < -0.39 is 63.2 Å². The highest BCUT2D eigenvalue weighted by atomic mass is 16.4. The smallest absolute Gasteiger partial charge is 0.337 e. The van der Waals surface area contributed by atoms with E-state index in [1.807, 2.05) is 0 Å². The van der Waals surface area contributed by atoms with E-state index >= 15 is 0 Å². The third kappa shape index (κ3) is 2.44. The van der Waals surface area contributed by atoms with Gasteiger partial charge in [0.25, 0.3) is 0 Å². The number of hydrogen-bond donors (Lipinski definition) is 5. The Morgan fingerprint density at radius 2 is 0.682 bits per heavy atom. The van der Waals surface area contributed by atoms with Gasteiger partial charge in [0.1, 0.15) is 0 Å². The summed E-state index contributed by atoms with van der Waals surface area (Å²) in [4.78, 5) is 55.9. The number of aromatic carboxylic acids is 5. The first-order chi connectivity index (χ1) is 10.0. The van der Waals surface area contributed by atoms with Crippen molar-refractivity contribution in [1.82, 2.24) is 0 Å². The molecule has 0 amide bonds. The molecule has 0 atom stereocenters. The maximum atomic E-state index is 11.2. The summed E-state index contributed by atoms with van der Waals surface area (Å²) in [6.45, 7) is 0.886. The second kappa shape index (κ2) is 5.52. The van der Waals surface area contributed by atoms with Crippen LogP contribution in [0.5, 0.6) is 0 Å². The molecule has 0 fully saturated rings. The van der Waals surface area contributed by atoms with Crippen LogP contribution < -0.4 is 0 Å². The van der Waals surface area contributed by atoms with Crippen LogP contribution in [-0.4, -0.2) is 55.4 Å². The van der Waals surface area contributed by atoms with Crippen molar-refractivity contribution in [3.8, 4) is 0 Å². The first-order valence-corrected chi connectivity index (χ1v) is 5.39.